The van der Waals surface area contributed by atoms with Crippen molar-refractivity contribution >= 4 is 23.2 Å². The molecule has 4 rings (SSSR count). The van der Waals surface area contributed by atoms with Crippen LogP contribution in [0.25, 0.3) is 0 Å². The van der Waals surface area contributed by atoms with Crippen LogP contribution in [0.5, 0.6) is 0 Å². The molecule has 0 aliphatic carbocycles. The summed E-state index contributed by atoms with van der Waals surface area (Å²) in [5, 5.41) is 2.92. The lowest BCUT2D eigenvalue weighted by Gasteiger charge is -2.30. The molecule has 0 atom stereocenters. The molecule has 28 heavy (non-hydrogen) atoms. The molecule has 0 saturated carbocycles. The Balaban J connectivity index is 1.57. The molecule has 7 nitrogen and oxygen atoms in total. The number of nitrogen functional groups attached to an aromatic ring is 1. The number of carbonyl (C=O) groups is 1. The minimum Gasteiger partial charge on any atom is -0.368 e. The summed E-state index contributed by atoms with van der Waals surface area (Å²) in [6, 6.07) is 11.5. The summed E-state index contributed by atoms with van der Waals surface area (Å²) in [5.74, 6) is 0.0890. The van der Waals surface area contributed by atoms with Crippen molar-refractivity contribution in [3.63, 3.8) is 0 Å². The number of carbonyl (C=O) groups excluding carboxylic acids is 1. The molecule has 3 N–H and O–H groups in total. The molecular formula is C21H22N6O. The van der Waals surface area contributed by atoms with Gasteiger partial charge in [-0.25, -0.2) is 15.0 Å². The number of aryl methyl sites for hydroxylation is 2. The number of benzene rings is 1. The number of fused-ring (bicyclic) bond motifs is 1. The Labute approximate surface area is 163 Å². The maximum atomic E-state index is 12.7. The van der Waals surface area contributed by atoms with Gasteiger partial charge in [-0.3, -0.25) is 4.79 Å². The van der Waals surface area contributed by atoms with Gasteiger partial charge in [0.1, 0.15) is 5.69 Å². The summed E-state index contributed by atoms with van der Waals surface area (Å²) in [6.07, 6.45) is 2.57. The number of amides is 1. The molecule has 0 radical (unpaired) electrons. The molecule has 142 valence electrons. The first-order valence-electron chi connectivity index (χ1n) is 9.20. The lowest BCUT2D eigenvalue weighted by Crippen LogP contribution is -2.31. The smallest absolute Gasteiger partial charge is 0.274 e. The van der Waals surface area contributed by atoms with Crippen molar-refractivity contribution in [2.45, 2.75) is 26.8 Å². The van der Waals surface area contributed by atoms with E-state index in [1.54, 1.807) is 6.20 Å². The van der Waals surface area contributed by atoms with Crippen molar-refractivity contribution in [1.82, 2.24) is 15.0 Å². The van der Waals surface area contributed by atoms with E-state index in [0.29, 0.717) is 18.2 Å². The monoisotopic (exact) mass is 374 g/mol. The lowest BCUT2D eigenvalue weighted by molar-refractivity contribution is 0.102. The standard InChI is InChI=1S/C21H22N6O/c1-13-4-3-5-16(8-13)25-20(28)19-10-17(9-14(2)24-19)27-7-6-18-15(12-27)11-23-21(22)26-18/h3-5,8-11H,6-7,12H2,1-2H3,(H,25,28)(H2,22,23,26). The molecule has 3 heterocycles. The van der Waals surface area contributed by atoms with E-state index < -0.39 is 0 Å². The quantitative estimate of drug-likeness (QED) is 0.732. The lowest BCUT2D eigenvalue weighted by atomic mass is 10.1. The zero-order valence-corrected chi connectivity index (χ0v) is 15.9. The van der Waals surface area contributed by atoms with Crippen LogP contribution >= 0.6 is 0 Å². The van der Waals surface area contributed by atoms with Gasteiger partial charge in [-0.1, -0.05) is 12.1 Å². The molecular weight excluding hydrogens is 352 g/mol. The fraction of sp³-hybridized carbons (Fsp3) is 0.238. The maximum absolute atomic E-state index is 12.7. The van der Waals surface area contributed by atoms with Crippen LogP contribution in [-0.4, -0.2) is 27.4 Å². The number of anilines is 3. The highest BCUT2D eigenvalue weighted by molar-refractivity contribution is 6.03. The molecule has 3 aromatic rings. The first-order valence-corrected chi connectivity index (χ1v) is 9.20. The van der Waals surface area contributed by atoms with Crippen LogP contribution in [0.4, 0.5) is 17.3 Å². The SMILES string of the molecule is Cc1cccc(NC(=O)c2cc(N3CCc4nc(N)ncc4C3)cc(C)n2)c1. The third-order valence-corrected chi connectivity index (χ3v) is 4.76. The number of hydrogen-bond donors (Lipinski definition) is 2. The Morgan fingerprint density at radius 2 is 2.04 bits per heavy atom. The summed E-state index contributed by atoms with van der Waals surface area (Å²) in [4.78, 5) is 27.8. The molecule has 1 amide bonds. The molecule has 1 aliphatic rings. The molecule has 0 spiro atoms. The summed E-state index contributed by atoms with van der Waals surface area (Å²) in [5.41, 5.74) is 11.7. The molecule has 0 saturated heterocycles. The van der Waals surface area contributed by atoms with Crippen molar-refractivity contribution in [2.75, 3.05) is 22.5 Å². The van der Waals surface area contributed by atoms with E-state index in [1.165, 1.54) is 0 Å². The van der Waals surface area contributed by atoms with E-state index in [9.17, 15) is 4.79 Å². The number of nitrogens with zero attached hydrogens (tertiary/aromatic N) is 4. The molecule has 7 heteroatoms. The van der Waals surface area contributed by atoms with Gasteiger partial charge in [0.2, 0.25) is 5.95 Å². The Kier molecular flexibility index (Phi) is 4.65. The van der Waals surface area contributed by atoms with Crippen LogP contribution in [0.2, 0.25) is 0 Å². The number of nitrogens with two attached hydrogens (primary N) is 1. The highest BCUT2D eigenvalue weighted by atomic mass is 16.1. The second-order valence-corrected chi connectivity index (χ2v) is 7.05. The summed E-state index contributed by atoms with van der Waals surface area (Å²) in [7, 11) is 0. The third-order valence-electron chi connectivity index (χ3n) is 4.76. The van der Waals surface area contributed by atoms with E-state index in [1.807, 2.05) is 50.2 Å². The number of rotatable bonds is 3. The van der Waals surface area contributed by atoms with Gasteiger partial charge in [-0.2, -0.15) is 0 Å². The zero-order chi connectivity index (χ0) is 19.7. The fourth-order valence-corrected chi connectivity index (χ4v) is 3.42. The Morgan fingerprint density at radius 3 is 2.86 bits per heavy atom. The highest BCUT2D eigenvalue weighted by Gasteiger charge is 2.20. The first-order chi connectivity index (χ1) is 13.5. The number of aromatic nitrogens is 3. The maximum Gasteiger partial charge on any atom is 0.274 e. The molecule has 1 aromatic carbocycles. The first kappa shape index (κ1) is 17.9. The Hall–Kier alpha value is -3.48. The second kappa shape index (κ2) is 7.26. The predicted octanol–water partition coefficient (Wildman–Crippen LogP) is 2.89. The molecule has 0 unspecified atom stereocenters. The largest absolute Gasteiger partial charge is 0.368 e. The van der Waals surface area contributed by atoms with Crippen molar-refractivity contribution in [3.8, 4) is 0 Å². The van der Waals surface area contributed by atoms with Crippen molar-refractivity contribution < 1.29 is 4.79 Å². The van der Waals surface area contributed by atoms with Gasteiger partial charge in [0, 0.05) is 48.3 Å². The van der Waals surface area contributed by atoms with Gasteiger partial charge < -0.3 is 16.0 Å². The van der Waals surface area contributed by atoms with Crippen LogP contribution in [-0.2, 0) is 13.0 Å². The van der Waals surface area contributed by atoms with Crippen molar-refractivity contribution in [3.05, 3.63) is 70.8 Å². The van der Waals surface area contributed by atoms with Gasteiger partial charge >= 0.3 is 0 Å². The summed E-state index contributed by atoms with van der Waals surface area (Å²) < 4.78 is 0. The number of pyridine rings is 1. The van der Waals surface area contributed by atoms with Crippen LogP contribution in [0.3, 0.4) is 0 Å². The van der Waals surface area contributed by atoms with Crippen LogP contribution in [0.15, 0.2) is 42.6 Å². The summed E-state index contributed by atoms with van der Waals surface area (Å²) >= 11 is 0. The normalized spacial score (nSPS) is 13.1. The van der Waals surface area contributed by atoms with Crippen LogP contribution in [0.1, 0.15) is 33.0 Å². The molecule has 2 aromatic heterocycles. The number of nitrogens with one attached hydrogen (secondary N) is 1. The van der Waals surface area contributed by atoms with Crippen LogP contribution in [0, 0.1) is 13.8 Å². The van der Waals surface area contributed by atoms with E-state index in [2.05, 4.69) is 25.2 Å². The summed E-state index contributed by atoms with van der Waals surface area (Å²) in [6.45, 7) is 5.36. The topological polar surface area (TPSA) is 97.0 Å². The predicted molar refractivity (Wildman–Crippen MR) is 109 cm³/mol. The Morgan fingerprint density at radius 1 is 1.18 bits per heavy atom. The van der Waals surface area contributed by atoms with E-state index in [-0.39, 0.29) is 5.91 Å². The molecule has 0 bridgehead atoms. The van der Waals surface area contributed by atoms with Gasteiger partial charge in [0.05, 0.1) is 5.69 Å². The van der Waals surface area contributed by atoms with E-state index in [0.717, 1.165) is 46.9 Å². The van der Waals surface area contributed by atoms with E-state index >= 15 is 0 Å². The minimum atomic E-state index is -0.218. The van der Waals surface area contributed by atoms with Gasteiger partial charge in [-0.15, -0.1) is 0 Å². The third kappa shape index (κ3) is 3.78. The van der Waals surface area contributed by atoms with Gasteiger partial charge in [-0.05, 0) is 43.7 Å². The van der Waals surface area contributed by atoms with Crippen molar-refractivity contribution in [1.29, 1.82) is 0 Å². The highest BCUT2D eigenvalue weighted by Crippen LogP contribution is 2.25. The Bertz CT molecular complexity index is 1050. The molecule has 1 aliphatic heterocycles. The minimum absolute atomic E-state index is 0.218. The fourth-order valence-electron chi connectivity index (χ4n) is 3.42. The van der Waals surface area contributed by atoms with Gasteiger partial charge in [0.15, 0.2) is 0 Å². The van der Waals surface area contributed by atoms with Crippen LogP contribution < -0.4 is 16.0 Å². The second-order valence-electron chi connectivity index (χ2n) is 7.05. The average Bonchev–Trinajstić information content (AvgIpc) is 2.67. The van der Waals surface area contributed by atoms with Crippen molar-refractivity contribution in [2.24, 2.45) is 0 Å². The molecule has 0 fully saturated rings. The van der Waals surface area contributed by atoms with Gasteiger partial charge in [0.25, 0.3) is 5.91 Å². The average molecular weight is 374 g/mol. The van der Waals surface area contributed by atoms with E-state index in [4.69, 9.17) is 5.73 Å². The number of hydrogen-bond acceptors (Lipinski definition) is 6. The zero-order valence-electron chi connectivity index (χ0n) is 15.9.